The summed E-state index contributed by atoms with van der Waals surface area (Å²) in [5.41, 5.74) is 0. The smallest absolute Gasteiger partial charge is 0.326 e. The number of halogens is 2. The molecular formula is C12H11F2NO5S. The van der Waals surface area contributed by atoms with Gasteiger partial charge in [0.15, 0.2) is 11.6 Å². The van der Waals surface area contributed by atoms with Gasteiger partial charge in [-0.15, -0.1) is 11.8 Å². The molecule has 0 bridgehead atoms. The van der Waals surface area contributed by atoms with Crippen molar-refractivity contribution in [1.82, 2.24) is 5.32 Å². The van der Waals surface area contributed by atoms with E-state index in [1.165, 1.54) is 6.07 Å². The van der Waals surface area contributed by atoms with Crippen molar-refractivity contribution in [3.8, 4) is 0 Å². The minimum Gasteiger partial charge on any atom is -0.481 e. The maximum absolute atomic E-state index is 12.9. The third-order valence-corrected chi connectivity index (χ3v) is 3.27. The fraction of sp³-hybridized carbons (Fsp3) is 0.250. The van der Waals surface area contributed by atoms with E-state index in [9.17, 15) is 23.2 Å². The number of hydrogen-bond donors (Lipinski definition) is 3. The van der Waals surface area contributed by atoms with Gasteiger partial charge < -0.3 is 15.5 Å². The van der Waals surface area contributed by atoms with Crippen molar-refractivity contribution in [3.63, 3.8) is 0 Å². The van der Waals surface area contributed by atoms with Crippen molar-refractivity contribution in [2.75, 3.05) is 5.75 Å². The number of carbonyl (C=O) groups excluding carboxylic acids is 1. The second-order valence-corrected chi connectivity index (χ2v) is 4.97. The van der Waals surface area contributed by atoms with Crippen LogP contribution in [-0.4, -0.2) is 39.9 Å². The highest BCUT2D eigenvalue weighted by Gasteiger charge is 2.22. The molecule has 6 nitrogen and oxygen atoms in total. The Morgan fingerprint density at radius 1 is 1.19 bits per heavy atom. The van der Waals surface area contributed by atoms with E-state index in [1.54, 1.807) is 0 Å². The van der Waals surface area contributed by atoms with E-state index >= 15 is 0 Å². The first-order valence-electron chi connectivity index (χ1n) is 5.61. The van der Waals surface area contributed by atoms with Crippen LogP contribution in [0.4, 0.5) is 8.78 Å². The summed E-state index contributed by atoms with van der Waals surface area (Å²) in [5, 5.41) is 19.3. The number of carboxylic acids is 2. The lowest BCUT2D eigenvalue weighted by molar-refractivity contribution is -0.147. The summed E-state index contributed by atoms with van der Waals surface area (Å²) in [6.45, 7) is 0. The molecule has 0 aromatic heterocycles. The molecule has 3 N–H and O–H groups in total. The molecule has 0 heterocycles. The van der Waals surface area contributed by atoms with E-state index in [0.717, 1.165) is 23.9 Å². The van der Waals surface area contributed by atoms with E-state index in [0.29, 0.717) is 0 Å². The number of carbonyl (C=O) groups is 3. The third kappa shape index (κ3) is 5.78. The Morgan fingerprint density at radius 3 is 2.38 bits per heavy atom. The average Bonchev–Trinajstić information content (AvgIpc) is 2.38. The van der Waals surface area contributed by atoms with Crippen molar-refractivity contribution >= 4 is 29.6 Å². The van der Waals surface area contributed by atoms with Gasteiger partial charge in [-0.2, -0.15) is 0 Å². The molecule has 114 valence electrons. The molecule has 1 aromatic carbocycles. The number of hydrogen-bond acceptors (Lipinski definition) is 4. The fourth-order valence-corrected chi connectivity index (χ4v) is 2.06. The van der Waals surface area contributed by atoms with Gasteiger partial charge in [-0.25, -0.2) is 13.6 Å². The summed E-state index contributed by atoms with van der Waals surface area (Å²) >= 11 is 0.865. The van der Waals surface area contributed by atoms with Gasteiger partial charge in [0, 0.05) is 4.90 Å². The van der Waals surface area contributed by atoms with Crippen molar-refractivity contribution in [2.24, 2.45) is 0 Å². The minimum atomic E-state index is -1.54. The Hall–Kier alpha value is -2.16. The highest BCUT2D eigenvalue weighted by atomic mass is 32.2. The summed E-state index contributed by atoms with van der Waals surface area (Å²) in [6.07, 6.45) is -0.753. The molecule has 0 fully saturated rings. The fourth-order valence-electron chi connectivity index (χ4n) is 1.33. The standard InChI is InChI=1S/C12H11F2NO5S/c13-7-2-1-6(3-8(7)14)21-5-10(16)15-9(12(19)20)4-11(17)18/h1-3,9H,4-5H2,(H,15,16)(H,17,18)(H,19,20)/t9-/m0/s1. The van der Waals surface area contributed by atoms with Crippen LogP contribution in [0, 0.1) is 11.6 Å². The number of amides is 1. The van der Waals surface area contributed by atoms with Crippen LogP contribution in [0.15, 0.2) is 23.1 Å². The van der Waals surface area contributed by atoms with Gasteiger partial charge >= 0.3 is 11.9 Å². The van der Waals surface area contributed by atoms with Gasteiger partial charge in [0.25, 0.3) is 0 Å². The Kier molecular flexibility index (Phi) is 6.10. The largest absolute Gasteiger partial charge is 0.481 e. The van der Waals surface area contributed by atoms with Crippen LogP contribution in [-0.2, 0) is 14.4 Å². The highest BCUT2D eigenvalue weighted by molar-refractivity contribution is 8.00. The number of rotatable bonds is 7. The van der Waals surface area contributed by atoms with E-state index in [2.05, 4.69) is 0 Å². The first-order valence-corrected chi connectivity index (χ1v) is 6.60. The Bertz CT molecular complexity index is 567. The van der Waals surface area contributed by atoms with Gasteiger partial charge in [-0.1, -0.05) is 0 Å². The lowest BCUT2D eigenvalue weighted by Crippen LogP contribution is -2.43. The van der Waals surface area contributed by atoms with Crippen LogP contribution in [0.3, 0.4) is 0 Å². The molecule has 9 heteroatoms. The normalized spacial score (nSPS) is 11.7. The monoisotopic (exact) mass is 319 g/mol. The second kappa shape index (κ2) is 7.58. The molecule has 0 spiro atoms. The summed E-state index contributed by atoms with van der Waals surface area (Å²) in [6, 6.07) is 1.53. The van der Waals surface area contributed by atoms with Crippen LogP contribution in [0.5, 0.6) is 0 Å². The van der Waals surface area contributed by atoms with Gasteiger partial charge in [0.2, 0.25) is 5.91 Å². The molecule has 0 saturated heterocycles. The number of thioether (sulfide) groups is 1. The zero-order chi connectivity index (χ0) is 16.0. The molecule has 0 aliphatic heterocycles. The molecule has 1 amide bonds. The minimum absolute atomic E-state index is 0.255. The van der Waals surface area contributed by atoms with Crippen LogP contribution in [0.1, 0.15) is 6.42 Å². The van der Waals surface area contributed by atoms with Crippen molar-refractivity contribution in [2.45, 2.75) is 17.4 Å². The number of carboxylic acid groups (broad SMARTS) is 2. The molecule has 0 saturated carbocycles. The lowest BCUT2D eigenvalue weighted by Gasteiger charge is -2.12. The summed E-state index contributed by atoms with van der Waals surface area (Å²) in [7, 11) is 0. The van der Waals surface area contributed by atoms with Crippen molar-refractivity contribution < 1.29 is 33.4 Å². The zero-order valence-electron chi connectivity index (χ0n) is 10.5. The molecule has 1 aromatic rings. The number of nitrogens with one attached hydrogen (secondary N) is 1. The van der Waals surface area contributed by atoms with Crippen LogP contribution in [0.25, 0.3) is 0 Å². The van der Waals surface area contributed by atoms with Gasteiger partial charge in [-0.05, 0) is 18.2 Å². The SMILES string of the molecule is O=C(O)C[C@H](NC(=O)CSc1ccc(F)c(F)c1)C(=O)O. The van der Waals surface area contributed by atoms with Crippen LogP contribution < -0.4 is 5.32 Å². The molecular weight excluding hydrogens is 308 g/mol. The predicted octanol–water partition coefficient (Wildman–Crippen LogP) is 1.10. The Morgan fingerprint density at radius 2 is 1.86 bits per heavy atom. The van der Waals surface area contributed by atoms with Gasteiger partial charge in [0.1, 0.15) is 6.04 Å². The average molecular weight is 319 g/mol. The first kappa shape index (κ1) is 16.9. The first-order chi connectivity index (χ1) is 9.79. The predicted molar refractivity (Wildman–Crippen MR) is 68.9 cm³/mol. The van der Waals surface area contributed by atoms with Crippen molar-refractivity contribution in [3.05, 3.63) is 29.8 Å². The molecule has 0 radical (unpaired) electrons. The lowest BCUT2D eigenvalue weighted by atomic mass is 10.2. The van der Waals surface area contributed by atoms with E-state index in [-0.39, 0.29) is 10.6 Å². The molecule has 1 rings (SSSR count). The molecule has 21 heavy (non-hydrogen) atoms. The highest BCUT2D eigenvalue weighted by Crippen LogP contribution is 2.20. The maximum atomic E-state index is 12.9. The summed E-state index contributed by atoms with van der Waals surface area (Å²) < 4.78 is 25.6. The quantitative estimate of drug-likeness (QED) is 0.650. The van der Waals surface area contributed by atoms with Gasteiger partial charge in [0.05, 0.1) is 12.2 Å². The van der Waals surface area contributed by atoms with E-state index in [1.807, 2.05) is 5.32 Å². The number of aliphatic carboxylic acids is 2. The van der Waals surface area contributed by atoms with Crippen LogP contribution in [0.2, 0.25) is 0 Å². The van der Waals surface area contributed by atoms with E-state index in [4.69, 9.17) is 10.2 Å². The maximum Gasteiger partial charge on any atom is 0.326 e. The summed E-state index contributed by atoms with van der Waals surface area (Å²) in [4.78, 5) is 33.0. The topological polar surface area (TPSA) is 104 Å². The molecule has 0 aliphatic rings. The summed E-state index contributed by atoms with van der Waals surface area (Å²) in [5.74, 6) is -5.89. The van der Waals surface area contributed by atoms with Crippen LogP contribution >= 0.6 is 11.8 Å². The van der Waals surface area contributed by atoms with Gasteiger partial charge in [-0.3, -0.25) is 9.59 Å². The van der Waals surface area contributed by atoms with Crippen molar-refractivity contribution in [1.29, 1.82) is 0 Å². The molecule has 1 atom stereocenters. The molecule has 0 unspecified atom stereocenters. The zero-order valence-corrected chi connectivity index (χ0v) is 11.3. The molecule has 0 aliphatic carbocycles. The third-order valence-electron chi connectivity index (χ3n) is 2.27. The Balaban J connectivity index is 2.54. The van der Waals surface area contributed by atoms with E-state index < -0.39 is 41.9 Å². The number of benzene rings is 1. The second-order valence-electron chi connectivity index (χ2n) is 3.92. The Labute approximate surface area is 122 Å².